The second kappa shape index (κ2) is 20.3. The molecule has 0 bridgehead atoms. The van der Waals surface area contributed by atoms with Crippen LogP contribution in [0.3, 0.4) is 0 Å². The maximum Gasteiger partial charge on any atom is 1.00 e. The standard InChI is InChI=1S/C18H20N2.2C6F5.Au.Tl/c1-15(17-9-5-3-6-10-17)19-13-14-20-16(2)18-11-7-4-8-12-18;2*7-2-1-3(8)5(10)6(11)4(2)9;;/h3-12H,13-14H2,1-2H3;;;;/q;2*-1;2*+1. The zero-order chi connectivity index (χ0) is 31.4. The van der Waals surface area contributed by atoms with Crippen molar-refractivity contribution in [1.82, 2.24) is 0 Å². The molecule has 0 aliphatic heterocycles. The van der Waals surface area contributed by atoms with Crippen LogP contribution >= 0.6 is 0 Å². The van der Waals surface area contributed by atoms with E-state index >= 15 is 0 Å². The number of hydrogen-bond donors (Lipinski definition) is 0. The molecule has 14 heteroatoms. The zero-order valence-electron chi connectivity index (χ0n) is 22.7. The van der Waals surface area contributed by atoms with Gasteiger partial charge in [-0.1, -0.05) is 60.7 Å². The van der Waals surface area contributed by atoms with Crippen molar-refractivity contribution >= 4 is 38.7 Å². The summed E-state index contributed by atoms with van der Waals surface area (Å²) in [5.41, 5.74) is 4.49. The Hall–Kier alpha value is -2.82. The summed E-state index contributed by atoms with van der Waals surface area (Å²) in [5.74, 6) is -20.1. The van der Waals surface area contributed by atoms with E-state index in [1.165, 1.54) is 11.1 Å². The third-order valence-corrected chi connectivity index (χ3v) is 5.16. The predicted octanol–water partition coefficient (Wildman–Crippen LogP) is 7.99. The summed E-state index contributed by atoms with van der Waals surface area (Å²) in [7, 11) is 0. The molecule has 4 aromatic carbocycles. The Morgan fingerprint density at radius 3 is 0.977 bits per heavy atom. The Labute approximate surface area is 282 Å². The van der Waals surface area contributed by atoms with Crippen molar-refractivity contribution in [2.75, 3.05) is 13.1 Å². The van der Waals surface area contributed by atoms with Gasteiger partial charge < -0.3 is 0 Å². The van der Waals surface area contributed by atoms with Crippen molar-refractivity contribution in [2.24, 2.45) is 9.98 Å². The Morgan fingerprint density at radius 2 is 0.727 bits per heavy atom. The van der Waals surface area contributed by atoms with Gasteiger partial charge in [0.25, 0.3) is 0 Å². The first-order valence-electron chi connectivity index (χ1n) is 11.8. The van der Waals surface area contributed by atoms with Gasteiger partial charge in [0.1, 0.15) is 0 Å². The van der Waals surface area contributed by atoms with Gasteiger partial charge in [0.05, 0.1) is 71.3 Å². The van der Waals surface area contributed by atoms with Gasteiger partial charge in [0, 0.05) is 11.4 Å². The van der Waals surface area contributed by atoms with E-state index in [1.807, 2.05) is 50.2 Å². The molecule has 0 amide bonds. The molecule has 4 aromatic rings. The fourth-order valence-electron chi connectivity index (χ4n) is 2.97. The second-order valence-corrected chi connectivity index (χ2v) is 8.06. The maximum absolute atomic E-state index is 12.0. The molecule has 0 saturated carbocycles. The summed E-state index contributed by atoms with van der Waals surface area (Å²) in [6.45, 7) is 5.54. The quantitative estimate of drug-likeness (QED) is 0.0369. The molecule has 0 heterocycles. The summed E-state index contributed by atoms with van der Waals surface area (Å²) in [4.78, 5) is 9.14. The third kappa shape index (κ3) is 12.3. The van der Waals surface area contributed by atoms with Gasteiger partial charge in [-0.3, -0.25) is 27.5 Å². The minimum Gasteiger partial charge on any atom is -0.288 e. The van der Waals surface area contributed by atoms with Gasteiger partial charge in [-0.05, 0) is 25.0 Å². The van der Waals surface area contributed by atoms with Crippen LogP contribution in [0.5, 0.6) is 0 Å². The van der Waals surface area contributed by atoms with Gasteiger partial charge >= 0.3 is 49.7 Å². The minimum atomic E-state index is -2.17. The van der Waals surface area contributed by atoms with E-state index in [9.17, 15) is 43.9 Å². The Morgan fingerprint density at radius 1 is 0.477 bits per heavy atom. The van der Waals surface area contributed by atoms with Crippen molar-refractivity contribution in [3.8, 4) is 0 Å². The zero-order valence-corrected chi connectivity index (χ0v) is 29.4. The fourth-order valence-corrected chi connectivity index (χ4v) is 2.97. The molecule has 0 radical (unpaired) electrons. The minimum absolute atomic E-state index is 0. The van der Waals surface area contributed by atoms with Gasteiger partial charge in [-0.25, -0.2) is 26.3 Å². The monoisotopic (exact) mass is 1000 g/mol. The summed E-state index contributed by atoms with van der Waals surface area (Å²) >= 11 is 0. The Kier molecular flexibility index (Phi) is 19.0. The van der Waals surface area contributed by atoms with Gasteiger partial charge in [0.2, 0.25) is 0 Å². The average Bonchev–Trinajstić information content (AvgIpc) is 3.00. The molecule has 0 unspecified atom stereocenters. The maximum atomic E-state index is 12.0. The summed E-state index contributed by atoms with van der Waals surface area (Å²) < 4.78 is 120. The van der Waals surface area contributed by atoms with Crippen LogP contribution in [0.4, 0.5) is 43.9 Å². The van der Waals surface area contributed by atoms with Crippen molar-refractivity contribution in [2.45, 2.75) is 13.8 Å². The molecule has 0 N–H and O–H groups in total. The summed E-state index contributed by atoms with van der Waals surface area (Å²) in [5, 5.41) is 0. The van der Waals surface area contributed by atoms with Crippen LogP contribution in [0.1, 0.15) is 25.0 Å². The topological polar surface area (TPSA) is 24.7 Å². The van der Waals surface area contributed by atoms with Crippen molar-refractivity contribution in [3.05, 3.63) is 142 Å². The van der Waals surface area contributed by atoms with Crippen molar-refractivity contribution in [3.63, 3.8) is 0 Å². The average molecular weight is 1000 g/mol. The van der Waals surface area contributed by atoms with Gasteiger partial charge in [-0.15, -0.1) is 12.1 Å². The molecule has 0 aliphatic carbocycles. The Bertz CT molecular complexity index is 1380. The molecular formula is C30H20AuF10N2Tl. The Balaban J connectivity index is 0.000000663. The van der Waals surface area contributed by atoms with E-state index in [0.29, 0.717) is 0 Å². The van der Waals surface area contributed by atoms with Crippen LogP contribution in [-0.2, 0) is 22.4 Å². The number of aliphatic imine (C=N–C) groups is 2. The summed E-state index contributed by atoms with van der Waals surface area (Å²) in [6, 6.07) is 22.5. The van der Waals surface area contributed by atoms with Crippen molar-refractivity contribution < 1.29 is 66.3 Å². The molecule has 44 heavy (non-hydrogen) atoms. The molecule has 0 aliphatic rings. The summed E-state index contributed by atoms with van der Waals surface area (Å²) in [6.07, 6.45) is 0. The molecule has 0 saturated heterocycles. The van der Waals surface area contributed by atoms with Gasteiger partial charge in [-0.2, -0.15) is 0 Å². The van der Waals surface area contributed by atoms with E-state index < -0.39 is 58.2 Å². The molecule has 2 nitrogen and oxygen atoms in total. The molecular weight excluding hydrogens is 980 g/mol. The second-order valence-electron chi connectivity index (χ2n) is 8.06. The SMILES string of the molecule is CC(=NCCN=C(C)c1ccccc1)c1ccccc1.Fc1[c-]c(F)c(F)c(F)c1F.Fc1[c-]c(F)c(F)c(F)c1F.[Au+].[Tl+]. The van der Waals surface area contributed by atoms with Crippen LogP contribution in [0, 0.1) is 70.3 Å². The van der Waals surface area contributed by atoms with Crippen LogP contribution in [0.15, 0.2) is 70.6 Å². The molecule has 0 aromatic heterocycles. The van der Waals surface area contributed by atoms with Crippen molar-refractivity contribution in [1.29, 1.82) is 0 Å². The third-order valence-electron chi connectivity index (χ3n) is 5.16. The molecule has 0 spiro atoms. The predicted molar refractivity (Wildman–Crippen MR) is 143 cm³/mol. The molecule has 0 atom stereocenters. The molecule has 234 valence electrons. The normalized spacial score (nSPS) is 10.8. The van der Waals surface area contributed by atoms with Crippen LogP contribution in [-0.4, -0.2) is 51.8 Å². The van der Waals surface area contributed by atoms with E-state index in [2.05, 4.69) is 34.3 Å². The molecule has 4 rings (SSSR count). The number of rotatable bonds is 5. The number of benzene rings is 4. The molecule has 0 fully saturated rings. The first-order valence-corrected chi connectivity index (χ1v) is 11.8. The van der Waals surface area contributed by atoms with E-state index in [-0.39, 0.29) is 49.7 Å². The number of hydrogen-bond acceptors (Lipinski definition) is 2. The van der Waals surface area contributed by atoms with E-state index in [4.69, 9.17) is 0 Å². The number of halogens is 10. The van der Waals surface area contributed by atoms with E-state index in [1.54, 1.807) is 0 Å². The van der Waals surface area contributed by atoms with Crippen LogP contribution in [0.2, 0.25) is 0 Å². The number of nitrogens with zero attached hydrogens (tertiary/aromatic N) is 2. The largest absolute Gasteiger partial charge is 1.00 e. The van der Waals surface area contributed by atoms with E-state index in [0.717, 1.165) is 36.6 Å². The fraction of sp³-hybridized carbons (Fsp3) is 0.133. The van der Waals surface area contributed by atoms with Crippen LogP contribution < -0.4 is 0 Å². The first kappa shape index (κ1) is 41.2. The first-order chi connectivity index (χ1) is 19.8. The smallest absolute Gasteiger partial charge is 0.288 e. The van der Waals surface area contributed by atoms with Crippen LogP contribution in [0.25, 0.3) is 0 Å². The van der Waals surface area contributed by atoms with Gasteiger partial charge in [0.15, 0.2) is 0 Å².